The number of hydrogen-bond acceptors (Lipinski definition) is 5. The molecule has 1 atom stereocenters. The smallest absolute Gasteiger partial charge is 0.257 e. The van der Waals surface area contributed by atoms with Gasteiger partial charge in [-0.3, -0.25) is 9.69 Å². The molecule has 1 heterocycles. The minimum atomic E-state index is -0.315. The number of likely N-dealkylation sites (N-methyl/N-ethyl adjacent to an activating group) is 1. The SMILES string of the molecule is COc1ccc([C@H]2CC(c3ccccc3Cl)=NN2C(=O)CN(C)Cc2ccccc2)c(OC)c1. The highest BCUT2D eigenvalue weighted by atomic mass is 35.5. The van der Waals surface area contributed by atoms with E-state index in [9.17, 15) is 4.79 Å². The monoisotopic (exact) mass is 477 g/mol. The van der Waals surface area contributed by atoms with Gasteiger partial charge in [0.05, 0.1) is 32.5 Å². The zero-order chi connectivity index (χ0) is 24.1. The Balaban J connectivity index is 1.63. The van der Waals surface area contributed by atoms with Gasteiger partial charge in [0, 0.05) is 35.2 Å². The van der Waals surface area contributed by atoms with Crippen molar-refractivity contribution in [2.24, 2.45) is 5.10 Å². The quantitative estimate of drug-likeness (QED) is 0.449. The highest BCUT2D eigenvalue weighted by molar-refractivity contribution is 6.34. The second-order valence-electron chi connectivity index (χ2n) is 8.25. The number of carbonyl (C=O) groups is 1. The van der Waals surface area contributed by atoms with Gasteiger partial charge in [-0.15, -0.1) is 0 Å². The topological polar surface area (TPSA) is 54.4 Å². The lowest BCUT2D eigenvalue weighted by molar-refractivity contribution is -0.134. The number of halogens is 1. The van der Waals surface area contributed by atoms with Gasteiger partial charge in [-0.1, -0.05) is 60.1 Å². The van der Waals surface area contributed by atoms with Crippen molar-refractivity contribution in [1.29, 1.82) is 0 Å². The average Bonchev–Trinajstić information content (AvgIpc) is 3.29. The summed E-state index contributed by atoms with van der Waals surface area (Å²) in [7, 11) is 5.16. The van der Waals surface area contributed by atoms with Crippen LogP contribution < -0.4 is 9.47 Å². The Kier molecular flexibility index (Phi) is 7.50. The van der Waals surface area contributed by atoms with Crippen molar-refractivity contribution in [1.82, 2.24) is 9.91 Å². The zero-order valence-electron chi connectivity index (χ0n) is 19.6. The van der Waals surface area contributed by atoms with E-state index in [0.29, 0.717) is 29.5 Å². The van der Waals surface area contributed by atoms with Gasteiger partial charge in [0.15, 0.2) is 0 Å². The first-order valence-electron chi connectivity index (χ1n) is 11.1. The Hall–Kier alpha value is -3.35. The standard InChI is InChI=1S/C27H28ClN3O3/c1-30(17-19-9-5-4-6-10-19)18-27(32)31-25(22-14-13-20(33-2)15-26(22)34-3)16-24(29-31)21-11-7-8-12-23(21)28/h4-15,25H,16-18H2,1-3H3/t25-/m1/s1. The van der Waals surface area contributed by atoms with E-state index in [1.807, 2.05) is 72.6 Å². The second-order valence-corrected chi connectivity index (χ2v) is 8.66. The molecule has 0 saturated carbocycles. The van der Waals surface area contributed by atoms with Crippen LogP contribution in [0.25, 0.3) is 0 Å². The Morgan fingerprint density at radius 3 is 2.50 bits per heavy atom. The molecular formula is C27H28ClN3O3. The Bertz CT molecular complexity index is 1180. The third kappa shape index (κ3) is 5.24. The first kappa shape index (κ1) is 23.8. The first-order valence-corrected chi connectivity index (χ1v) is 11.5. The summed E-state index contributed by atoms with van der Waals surface area (Å²) in [4.78, 5) is 15.5. The number of benzene rings is 3. The predicted molar refractivity (Wildman–Crippen MR) is 135 cm³/mol. The molecule has 0 unspecified atom stereocenters. The highest BCUT2D eigenvalue weighted by Crippen LogP contribution is 2.39. The van der Waals surface area contributed by atoms with E-state index in [-0.39, 0.29) is 18.5 Å². The number of carbonyl (C=O) groups excluding carboxylic acids is 1. The van der Waals surface area contributed by atoms with Gasteiger partial charge in [0.2, 0.25) is 0 Å². The molecule has 1 aliphatic heterocycles. The van der Waals surface area contributed by atoms with Gasteiger partial charge in [-0.05, 0) is 30.8 Å². The summed E-state index contributed by atoms with van der Waals surface area (Å²) < 4.78 is 11.0. The predicted octanol–water partition coefficient (Wildman–Crippen LogP) is 5.17. The summed E-state index contributed by atoms with van der Waals surface area (Å²) in [5, 5.41) is 6.94. The van der Waals surface area contributed by atoms with E-state index in [2.05, 4.69) is 12.1 Å². The van der Waals surface area contributed by atoms with Gasteiger partial charge < -0.3 is 9.47 Å². The number of methoxy groups -OCH3 is 2. The van der Waals surface area contributed by atoms with Crippen LogP contribution in [0, 0.1) is 0 Å². The molecule has 6 nitrogen and oxygen atoms in total. The molecule has 0 bridgehead atoms. The summed E-state index contributed by atoms with van der Waals surface area (Å²) in [6.45, 7) is 0.890. The number of nitrogens with zero attached hydrogens (tertiary/aromatic N) is 3. The van der Waals surface area contributed by atoms with E-state index in [4.69, 9.17) is 26.2 Å². The number of rotatable bonds is 8. The molecule has 1 aliphatic rings. The largest absolute Gasteiger partial charge is 0.497 e. The van der Waals surface area contributed by atoms with Crippen molar-refractivity contribution >= 4 is 23.2 Å². The Labute approximate surface area is 205 Å². The number of amides is 1. The summed E-state index contributed by atoms with van der Waals surface area (Å²) in [6.07, 6.45) is 0.528. The van der Waals surface area contributed by atoms with Crippen molar-refractivity contribution in [2.45, 2.75) is 19.0 Å². The lowest BCUT2D eigenvalue weighted by Crippen LogP contribution is -2.36. The maximum Gasteiger partial charge on any atom is 0.257 e. The number of hydrogen-bond donors (Lipinski definition) is 0. The van der Waals surface area contributed by atoms with Crippen molar-refractivity contribution < 1.29 is 14.3 Å². The second kappa shape index (κ2) is 10.7. The van der Waals surface area contributed by atoms with Crippen LogP contribution in [0.5, 0.6) is 11.5 Å². The lowest BCUT2D eigenvalue weighted by Gasteiger charge is -2.26. The van der Waals surface area contributed by atoms with Gasteiger partial charge in [0.1, 0.15) is 11.5 Å². The van der Waals surface area contributed by atoms with E-state index in [1.165, 1.54) is 0 Å². The summed E-state index contributed by atoms with van der Waals surface area (Å²) in [6, 6.07) is 23.0. The fraction of sp³-hybridized carbons (Fsp3) is 0.259. The number of hydrazone groups is 1. The van der Waals surface area contributed by atoms with Crippen LogP contribution in [0.1, 0.15) is 29.2 Å². The Morgan fingerprint density at radius 1 is 1.06 bits per heavy atom. The minimum absolute atomic E-state index is 0.0941. The molecule has 4 rings (SSSR count). The molecule has 0 aromatic heterocycles. The minimum Gasteiger partial charge on any atom is -0.497 e. The lowest BCUT2D eigenvalue weighted by atomic mass is 9.97. The molecule has 0 fully saturated rings. The summed E-state index contributed by atoms with van der Waals surface area (Å²) in [5.41, 5.74) is 3.61. The van der Waals surface area contributed by atoms with Crippen molar-refractivity contribution in [2.75, 3.05) is 27.8 Å². The van der Waals surface area contributed by atoms with Crippen LogP contribution in [0.15, 0.2) is 77.9 Å². The van der Waals surface area contributed by atoms with Crippen LogP contribution in [0.3, 0.4) is 0 Å². The molecule has 1 amide bonds. The molecule has 3 aromatic carbocycles. The van der Waals surface area contributed by atoms with Gasteiger partial charge in [-0.2, -0.15) is 5.10 Å². The molecule has 0 radical (unpaired) electrons. The third-order valence-corrected chi connectivity index (χ3v) is 6.18. The van der Waals surface area contributed by atoms with Crippen LogP contribution in [0.2, 0.25) is 5.02 Å². The molecule has 0 spiro atoms. The van der Waals surface area contributed by atoms with Crippen LogP contribution in [-0.4, -0.2) is 49.3 Å². The zero-order valence-corrected chi connectivity index (χ0v) is 20.3. The van der Waals surface area contributed by atoms with Crippen LogP contribution >= 0.6 is 11.6 Å². The molecule has 0 aliphatic carbocycles. The van der Waals surface area contributed by atoms with Gasteiger partial charge in [0.25, 0.3) is 5.91 Å². The maximum atomic E-state index is 13.5. The Morgan fingerprint density at radius 2 is 1.79 bits per heavy atom. The van der Waals surface area contributed by atoms with Gasteiger partial charge >= 0.3 is 0 Å². The maximum absolute atomic E-state index is 13.5. The van der Waals surface area contributed by atoms with E-state index >= 15 is 0 Å². The highest BCUT2D eigenvalue weighted by Gasteiger charge is 2.35. The van der Waals surface area contributed by atoms with Crippen molar-refractivity contribution in [3.05, 3.63) is 94.5 Å². The average molecular weight is 478 g/mol. The fourth-order valence-electron chi connectivity index (χ4n) is 4.19. The summed E-state index contributed by atoms with van der Waals surface area (Å²) in [5.74, 6) is 1.24. The van der Waals surface area contributed by atoms with Gasteiger partial charge in [-0.25, -0.2) is 5.01 Å². The first-order chi connectivity index (χ1) is 16.5. The normalized spacial score (nSPS) is 15.4. The molecule has 176 valence electrons. The third-order valence-electron chi connectivity index (χ3n) is 5.85. The molecular weight excluding hydrogens is 450 g/mol. The molecule has 7 heteroatoms. The van der Waals surface area contributed by atoms with Crippen LogP contribution in [-0.2, 0) is 11.3 Å². The summed E-state index contributed by atoms with van der Waals surface area (Å²) >= 11 is 6.46. The van der Waals surface area contributed by atoms with Crippen LogP contribution in [0.4, 0.5) is 0 Å². The van der Waals surface area contributed by atoms with Crippen molar-refractivity contribution in [3.8, 4) is 11.5 Å². The molecule has 34 heavy (non-hydrogen) atoms. The molecule has 3 aromatic rings. The van der Waals surface area contributed by atoms with E-state index in [0.717, 1.165) is 22.4 Å². The molecule has 0 saturated heterocycles. The fourth-order valence-corrected chi connectivity index (χ4v) is 4.43. The van der Waals surface area contributed by atoms with E-state index < -0.39 is 0 Å². The number of ether oxygens (including phenoxy) is 2. The molecule has 0 N–H and O–H groups in total. The van der Waals surface area contributed by atoms with Crippen molar-refractivity contribution in [3.63, 3.8) is 0 Å². The van der Waals surface area contributed by atoms with E-state index in [1.54, 1.807) is 19.2 Å².